The van der Waals surface area contributed by atoms with Gasteiger partial charge in [-0.25, -0.2) is 4.79 Å². The topological polar surface area (TPSA) is 49.8 Å². The lowest BCUT2D eigenvalue weighted by molar-refractivity contribution is 0.0252. The molecule has 2 rings (SSSR count). The van der Waals surface area contributed by atoms with Crippen molar-refractivity contribution >= 4 is 40.9 Å². The number of alkyl halides is 3. The summed E-state index contributed by atoms with van der Waals surface area (Å²) in [4.78, 5) is 13.5. The fourth-order valence-electron chi connectivity index (χ4n) is 2.66. The summed E-state index contributed by atoms with van der Waals surface area (Å²) in [5, 5.41) is 9.61. The molecule has 2 aliphatic rings. The molecule has 2 unspecified atom stereocenters. The summed E-state index contributed by atoms with van der Waals surface area (Å²) in [6.07, 6.45) is 2.27. The first-order chi connectivity index (χ1) is 7.87. The Morgan fingerprint density at radius 3 is 2.29 bits per heavy atom. The third-order valence-corrected chi connectivity index (χ3v) is 3.61. The lowest BCUT2D eigenvalue weighted by atomic mass is 10.0. The molecule has 0 spiro atoms. The van der Waals surface area contributed by atoms with Crippen molar-refractivity contribution in [3.63, 3.8) is 0 Å². The number of aliphatic hydroxyl groups excluding tert-OH is 1. The molecule has 0 radical (unpaired) electrons. The van der Waals surface area contributed by atoms with Crippen LogP contribution in [0.15, 0.2) is 0 Å². The number of aliphatic hydroxyl groups is 1. The maximum absolute atomic E-state index is 11.9. The molecule has 1 N–H and O–H groups in total. The summed E-state index contributed by atoms with van der Waals surface area (Å²) in [7, 11) is 0. The number of hydrogen-bond acceptors (Lipinski definition) is 3. The second kappa shape index (κ2) is 5.00. The monoisotopic (exact) mass is 301 g/mol. The normalized spacial score (nSPS) is 32.7. The van der Waals surface area contributed by atoms with E-state index in [1.165, 1.54) is 0 Å². The van der Waals surface area contributed by atoms with Gasteiger partial charge >= 0.3 is 6.09 Å². The molecular formula is C10H14Cl3NO3. The number of piperidine rings is 1. The van der Waals surface area contributed by atoms with Crippen LogP contribution >= 0.6 is 34.8 Å². The van der Waals surface area contributed by atoms with Crippen molar-refractivity contribution in [1.29, 1.82) is 0 Å². The van der Waals surface area contributed by atoms with Crippen molar-refractivity contribution in [3.8, 4) is 0 Å². The van der Waals surface area contributed by atoms with Crippen molar-refractivity contribution in [2.24, 2.45) is 0 Å². The van der Waals surface area contributed by atoms with E-state index in [1.54, 1.807) is 4.90 Å². The van der Waals surface area contributed by atoms with E-state index < -0.39 is 9.89 Å². The Hall–Kier alpha value is 0.1000. The molecule has 0 aromatic heterocycles. The molecule has 2 heterocycles. The third-order valence-electron chi connectivity index (χ3n) is 3.28. The van der Waals surface area contributed by atoms with Gasteiger partial charge in [-0.3, -0.25) is 0 Å². The zero-order valence-electron chi connectivity index (χ0n) is 9.11. The SMILES string of the molecule is O=C(OCC(Cl)(Cl)Cl)N1C2CCC1CC(O)C2. The number of fused-ring (bicyclic) bond motifs is 2. The molecule has 0 aliphatic carbocycles. The van der Waals surface area contributed by atoms with Gasteiger partial charge in [-0.1, -0.05) is 34.8 Å². The van der Waals surface area contributed by atoms with Crippen LogP contribution in [-0.4, -0.2) is 44.7 Å². The second-order valence-electron chi connectivity index (χ2n) is 4.59. The van der Waals surface area contributed by atoms with Gasteiger partial charge in [0.2, 0.25) is 3.79 Å². The predicted octanol–water partition coefficient (Wildman–Crippen LogP) is 2.48. The maximum atomic E-state index is 11.9. The molecule has 2 fully saturated rings. The molecule has 2 atom stereocenters. The molecule has 0 saturated carbocycles. The minimum absolute atomic E-state index is 0.0617. The lowest BCUT2D eigenvalue weighted by Gasteiger charge is -2.36. The molecule has 7 heteroatoms. The summed E-state index contributed by atoms with van der Waals surface area (Å²) in [5.74, 6) is 0. The van der Waals surface area contributed by atoms with Gasteiger partial charge in [0.1, 0.15) is 6.61 Å². The van der Waals surface area contributed by atoms with Crippen molar-refractivity contribution in [1.82, 2.24) is 4.90 Å². The lowest BCUT2D eigenvalue weighted by Crippen LogP contribution is -2.48. The number of nitrogens with zero attached hydrogens (tertiary/aromatic N) is 1. The molecule has 2 saturated heterocycles. The summed E-state index contributed by atoms with van der Waals surface area (Å²) in [5.41, 5.74) is 0. The molecular weight excluding hydrogens is 288 g/mol. The minimum atomic E-state index is -1.58. The van der Waals surface area contributed by atoms with Gasteiger partial charge in [0.15, 0.2) is 0 Å². The standard InChI is InChI=1S/C10H14Cl3NO3/c11-10(12,13)5-17-9(16)14-6-1-2-7(14)4-8(15)3-6/h6-8,15H,1-5H2. The number of halogens is 3. The molecule has 98 valence electrons. The van der Waals surface area contributed by atoms with Crippen molar-refractivity contribution < 1.29 is 14.6 Å². The van der Waals surface area contributed by atoms with E-state index in [4.69, 9.17) is 39.5 Å². The van der Waals surface area contributed by atoms with E-state index in [-0.39, 0.29) is 24.8 Å². The highest BCUT2D eigenvalue weighted by Crippen LogP contribution is 2.36. The number of carbonyl (C=O) groups is 1. The number of amides is 1. The molecule has 2 bridgehead atoms. The van der Waals surface area contributed by atoms with E-state index in [0.29, 0.717) is 12.8 Å². The average molecular weight is 303 g/mol. The van der Waals surface area contributed by atoms with Gasteiger partial charge in [-0.2, -0.15) is 0 Å². The van der Waals surface area contributed by atoms with Gasteiger partial charge < -0.3 is 14.7 Å². The highest BCUT2D eigenvalue weighted by atomic mass is 35.6. The van der Waals surface area contributed by atoms with Crippen LogP contribution in [0.5, 0.6) is 0 Å². The highest BCUT2D eigenvalue weighted by Gasteiger charge is 2.44. The Labute approximate surface area is 115 Å². The van der Waals surface area contributed by atoms with Crippen LogP contribution in [0.25, 0.3) is 0 Å². The smallest absolute Gasteiger partial charge is 0.410 e. The summed E-state index contributed by atoms with van der Waals surface area (Å²) in [6, 6.07) is 0.123. The Bertz CT molecular complexity index is 294. The molecule has 4 nitrogen and oxygen atoms in total. The number of rotatable bonds is 1. The number of carbonyl (C=O) groups excluding carboxylic acids is 1. The predicted molar refractivity (Wildman–Crippen MR) is 65.5 cm³/mol. The summed E-state index contributed by atoms with van der Waals surface area (Å²) >= 11 is 16.6. The number of hydrogen-bond donors (Lipinski definition) is 1. The molecule has 17 heavy (non-hydrogen) atoms. The van der Waals surface area contributed by atoms with Crippen LogP contribution in [0.3, 0.4) is 0 Å². The van der Waals surface area contributed by atoms with E-state index >= 15 is 0 Å². The van der Waals surface area contributed by atoms with Crippen LogP contribution in [0.4, 0.5) is 4.79 Å². The first-order valence-corrected chi connectivity index (χ1v) is 6.70. The van der Waals surface area contributed by atoms with E-state index in [0.717, 1.165) is 12.8 Å². The first kappa shape index (κ1) is 13.5. The molecule has 1 amide bonds. The Balaban J connectivity index is 1.92. The Kier molecular flexibility index (Phi) is 3.98. The summed E-state index contributed by atoms with van der Waals surface area (Å²) in [6.45, 7) is -0.255. The Morgan fingerprint density at radius 2 is 1.82 bits per heavy atom. The molecule has 2 aliphatic heterocycles. The van der Waals surface area contributed by atoms with Crippen molar-refractivity contribution in [2.75, 3.05) is 6.61 Å². The zero-order valence-corrected chi connectivity index (χ0v) is 11.4. The largest absolute Gasteiger partial charge is 0.445 e. The average Bonchev–Trinajstić information content (AvgIpc) is 2.47. The molecule has 0 aromatic carbocycles. The van der Waals surface area contributed by atoms with Crippen LogP contribution in [0.2, 0.25) is 0 Å². The first-order valence-electron chi connectivity index (χ1n) is 5.57. The maximum Gasteiger partial charge on any atom is 0.410 e. The van der Waals surface area contributed by atoms with Gasteiger partial charge in [0.25, 0.3) is 0 Å². The third kappa shape index (κ3) is 3.31. The van der Waals surface area contributed by atoms with Gasteiger partial charge in [-0.05, 0) is 25.7 Å². The Morgan fingerprint density at radius 1 is 1.29 bits per heavy atom. The minimum Gasteiger partial charge on any atom is -0.445 e. The molecule has 0 aromatic rings. The van der Waals surface area contributed by atoms with Crippen LogP contribution in [0, 0.1) is 0 Å². The van der Waals surface area contributed by atoms with Crippen LogP contribution in [0.1, 0.15) is 25.7 Å². The van der Waals surface area contributed by atoms with Gasteiger partial charge in [0, 0.05) is 12.1 Å². The second-order valence-corrected chi connectivity index (χ2v) is 7.10. The number of ether oxygens (including phenoxy) is 1. The van der Waals surface area contributed by atoms with Gasteiger partial charge in [-0.15, -0.1) is 0 Å². The van der Waals surface area contributed by atoms with Crippen LogP contribution in [-0.2, 0) is 4.74 Å². The van der Waals surface area contributed by atoms with Gasteiger partial charge in [0.05, 0.1) is 6.10 Å². The quantitative estimate of drug-likeness (QED) is 0.757. The fraction of sp³-hybridized carbons (Fsp3) is 0.900. The van der Waals surface area contributed by atoms with E-state index in [2.05, 4.69) is 0 Å². The van der Waals surface area contributed by atoms with E-state index in [9.17, 15) is 9.90 Å². The zero-order chi connectivity index (χ0) is 12.6. The fourth-order valence-corrected chi connectivity index (χ4v) is 2.83. The van der Waals surface area contributed by atoms with Crippen LogP contribution < -0.4 is 0 Å². The van der Waals surface area contributed by atoms with Crippen molar-refractivity contribution in [3.05, 3.63) is 0 Å². The highest BCUT2D eigenvalue weighted by molar-refractivity contribution is 6.67. The summed E-state index contributed by atoms with van der Waals surface area (Å²) < 4.78 is 3.39. The van der Waals surface area contributed by atoms with E-state index in [1.807, 2.05) is 0 Å². The van der Waals surface area contributed by atoms with Crippen molar-refractivity contribution in [2.45, 2.75) is 47.7 Å².